The predicted octanol–water partition coefficient (Wildman–Crippen LogP) is 6.99. The molecule has 456 valence electrons. The fraction of sp³-hybridized carbons (Fsp3) is 0.279. The second kappa shape index (κ2) is 30.2. The second-order valence-electron chi connectivity index (χ2n) is 22.3. The van der Waals surface area contributed by atoms with Gasteiger partial charge in [0, 0.05) is 82.4 Å². The highest BCUT2D eigenvalue weighted by Gasteiger charge is 2.30. The number of hydrogen-bond acceptors (Lipinski definition) is 15. The fourth-order valence-electron chi connectivity index (χ4n) is 10.2. The molecule has 1 aliphatic rings. The van der Waals surface area contributed by atoms with Gasteiger partial charge in [0.15, 0.2) is 0 Å². The summed E-state index contributed by atoms with van der Waals surface area (Å²) in [5.41, 5.74) is 9.62. The number of nitrogens with zero attached hydrogens (tertiary/aromatic N) is 9. The van der Waals surface area contributed by atoms with Crippen LogP contribution in [0.4, 0.5) is 4.79 Å². The normalized spacial score (nSPS) is 11.6. The zero-order valence-corrected chi connectivity index (χ0v) is 50.1. The monoisotopic (exact) mass is 1200 g/mol. The van der Waals surface area contributed by atoms with E-state index in [0.717, 1.165) is 27.8 Å². The molecule has 0 saturated carbocycles. The third-order valence-corrected chi connectivity index (χ3v) is 14.4. The first-order valence-corrected chi connectivity index (χ1v) is 29.3. The number of amides is 6. The molecule has 0 spiro atoms. The van der Waals surface area contributed by atoms with Gasteiger partial charge in [0.05, 0.1) is 66.5 Å². The summed E-state index contributed by atoms with van der Waals surface area (Å²) in [7, 11) is 0. The van der Waals surface area contributed by atoms with Crippen molar-refractivity contribution in [1.82, 2.24) is 60.6 Å². The van der Waals surface area contributed by atoms with Gasteiger partial charge in [-0.15, -0.1) is 0 Å². The molecule has 1 aliphatic carbocycles. The molecule has 3 N–H and O–H groups in total. The van der Waals surface area contributed by atoms with Crippen molar-refractivity contribution in [3.05, 3.63) is 204 Å². The summed E-state index contributed by atoms with van der Waals surface area (Å²) in [6, 6.07) is 41.0. The molecule has 8 aromatic rings. The van der Waals surface area contributed by atoms with E-state index >= 15 is 0 Å². The predicted molar refractivity (Wildman–Crippen MR) is 333 cm³/mol. The maximum Gasteiger partial charge on any atom is 0.407 e. The van der Waals surface area contributed by atoms with E-state index in [2.05, 4.69) is 40.9 Å². The minimum Gasteiger partial charge on any atom is -0.459 e. The van der Waals surface area contributed by atoms with Crippen LogP contribution in [0.5, 0.6) is 0 Å². The number of benzene rings is 2. The largest absolute Gasteiger partial charge is 0.459 e. The lowest BCUT2D eigenvalue weighted by atomic mass is 9.98. The molecule has 0 unspecified atom stereocenters. The number of aromatic nitrogens is 6. The van der Waals surface area contributed by atoms with Crippen molar-refractivity contribution in [3.8, 4) is 45.3 Å². The average Bonchev–Trinajstić information content (AvgIpc) is 1.74. The summed E-state index contributed by atoms with van der Waals surface area (Å²) < 4.78 is 11.3. The van der Waals surface area contributed by atoms with Crippen molar-refractivity contribution in [3.63, 3.8) is 0 Å². The Labute approximate surface area is 516 Å². The molecule has 6 amide bonds. The van der Waals surface area contributed by atoms with Gasteiger partial charge >= 0.3 is 12.1 Å². The zero-order chi connectivity index (χ0) is 62.7. The van der Waals surface area contributed by atoms with E-state index in [1.807, 2.05) is 91.9 Å². The van der Waals surface area contributed by atoms with Crippen molar-refractivity contribution < 1.29 is 43.0 Å². The van der Waals surface area contributed by atoms with Crippen molar-refractivity contribution in [1.29, 1.82) is 0 Å². The Morgan fingerprint density at radius 2 is 0.933 bits per heavy atom. The average molecular weight is 1200 g/mol. The molecular formula is C68H70N12O9. The van der Waals surface area contributed by atoms with Crippen molar-refractivity contribution >= 4 is 41.6 Å². The van der Waals surface area contributed by atoms with Gasteiger partial charge in [0.25, 0.3) is 0 Å². The Hall–Kier alpha value is -10.6. The van der Waals surface area contributed by atoms with Crippen LogP contribution >= 0.6 is 0 Å². The molecule has 0 aliphatic heterocycles. The van der Waals surface area contributed by atoms with Gasteiger partial charge in [0.1, 0.15) is 18.8 Å². The third-order valence-electron chi connectivity index (χ3n) is 14.4. The number of carbonyl (C=O) groups is 7. The van der Waals surface area contributed by atoms with Crippen molar-refractivity contribution in [2.24, 2.45) is 0 Å². The SMILES string of the molecule is Cc1ccnc(-c2cc(CC(=O)N(CCNC(=O)CN(CCNC(=O)OCC3c4ccccc4-c4ccccc43)C(=O)Cc3ccncc3)CC(=O)NCCN(CC(=O)OC(C)(C)C)C(=O)Cc3cc(-c4ccccn4)nc(-c4ccccn4)c3)ccn2)c1. The van der Waals surface area contributed by atoms with Crippen LogP contribution in [0, 0.1) is 6.92 Å². The maximum atomic E-state index is 14.4. The number of ether oxygens (including phenoxy) is 2. The molecule has 0 radical (unpaired) electrons. The molecule has 0 saturated heterocycles. The Morgan fingerprint density at radius 3 is 1.47 bits per heavy atom. The summed E-state index contributed by atoms with van der Waals surface area (Å²) >= 11 is 0. The van der Waals surface area contributed by atoms with E-state index in [0.29, 0.717) is 50.9 Å². The number of rotatable bonds is 26. The van der Waals surface area contributed by atoms with E-state index in [1.54, 1.807) is 106 Å². The molecular weight excluding hydrogens is 1130 g/mol. The number of hydrogen-bond donors (Lipinski definition) is 3. The zero-order valence-electron chi connectivity index (χ0n) is 50.1. The molecule has 2 aromatic carbocycles. The van der Waals surface area contributed by atoms with Crippen LogP contribution in [0.3, 0.4) is 0 Å². The molecule has 9 rings (SSSR count). The summed E-state index contributed by atoms with van der Waals surface area (Å²) in [6.45, 7) is 5.39. The Kier molecular flexibility index (Phi) is 21.3. The standard InChI is InChI=1S/C68H70N12O9/c1-46-19-27-72-57(35-46)58-36-48(22-28-73-58)40-64(84)78(42-61(81)75-30-33-80(44-66(86)89-68(2,3)4)65(85)41-49-37-59(55-17-9-11-23-70-55)77-60(38-49)56-18-10-12-24-71-56)32-29-74-62(82)43-79(63(83)39-47-20-25-69-26-21-47)34-31-76-67(87)88-45-54-52-15-7-5-13-50(52)51-14-6-8-16-53(51)54/h5-28,35-38,54H,29-34,39-45H2,1-4H3,(H,74,82)(H,75,81)(H,76,87). The first-order valence-electron chi connectivity index (χ1n) is 29.3. The molecule has 0 fully saturated rings. The number of carbonyl (C=O) groups excluding carboxylic acids is 7. The Balaban J connectivity index is 0.854. The number of fused-ring (bicyclic) bond motifs is 3. The van der Waals surface area contributed by atoms with E-state index in [9.17, 15) is 33.6 Å². The van der Waals surface area contributed by atoms with Crippen LogP contribution in [0.25, 0.3) is 45.3 Å². The highest BCUT2D eigenvalue weighted by Crippen LogP contribution is 2.44. The van der Waals surface area contributed by atoms with Crippen LogP contribution < -0.4 is 16.0 Å². The van der Waals surface area contributed by atoms with Gasteiger partial charge in [-0.2, -0.15) is 0 Å². The van der Waals surface area contributed by atoms with Gasteiger partial charge < -0.3 is 40.1 Å². The van der Waals surface area contributed by atoms with E-state index in [1.165, 1.54) is 14.7 Å². The maximum absolute atomic E-state index is 14.4. The summed E-state index contributed by atoms with van der Waals surface area (Å²) in [5.74, 6) is -3.23. The number of esters is 1. The van der Waals surface area contributed by atoms with Gasteiger partial charge in [-0.3, -0.25) is 53.7 Å². The lowest BCUT2D eigenvalue weighted by Gasteiger charge is -2.26. The molecule has 6 aromatic heterocycles. The van der Waals surface area contributed by atoms with Crippen LogP contribution in [0.1, 0.15) is 60.1 Å². The molecule has 0 bridgehead atoms. The summed E-state index contributed by atoms with van der Waals surface area (Å²) in [6.07, 6.45) is 8.64. The highest BCUT2D eigenvalue weighted by molar-refractivity contribution is 5.88. The summed E-state index contributed by atoms with van der Waals surface area (Å²) in [4.78, 5) is 127. The first kappa shape index (κ1) is 62.9. The minimum absolute atomic E-state index is 0.0290. The van der Waals surface area contributed by atoms with Crippen LogP contribution in [0.2, 0.25) is 0 Å². The number of alkyl carbamates (subject to hydrolysis) is 1. The molecule has 6 heterocycles. The van der Waals surface area contributed by atoms with Gasteiger partial charge in [-0.05, 0) is 145 Å². The minimum atomic E-state index is -0.852. The van der Waals surface area contributed by atoms with E-state index in [-0.39, 0.29) is 77.0 Å². The van der Waals surface area contributed by atoms with Gasteiger partial charge in [-0.1, -0.05) is 60.7 Å². The first-order chi connectivity index (χ1) is 43.0. The van der Waals surface area contributed by atoms with Crippen LogP contribution in [0.15, 0.2) is 171 Å². The summed E-state index contributed by atoms with van der Waals surface area (Å²) in [5, 5.41) is 8.36. The molecule has 0 atom stereocenters. The topological polar surface area (TPSA) is 261 Å². The van der Waals surface area contributed by atoms with Gasteiger partial charge in [-0.25, -0.2) is 9.78 Å². The third kappa shape index (κ3) is 18.2. The van der Waals surface area contributed by atoms with E-state index in [4.69, 9.17) is 14.5 Å². The fourth-order valence-corrected chi connectivity index (χ4v) is 10.2. The second-order valence-corrected chi connectivity index (χ2v) is 22.3. The Morgan fingerprint density at radius 1 is 0.472 bits per heavy atom. The highest BCUT2D eigenvalue weighted by atomic mass is 16.6. The van der Waals surface area contributed by atoms with Crippen molar-refractivity contribution in [2.45, 2.75) is 58.5 Å². The lowest BCUT2D eigenvalue weighted by Crippen LogP contribution is -2.48. The van der Waals surface area contributed by atoms with E-state index < -0.39 is 60.9 Å². The smallest absolute Gasteiger partial charge is 0.407 e. The number of pyridine rings is 6. The Bertz CT molecular complexity index is 3690. The van der Waals surface area contributed by atoms with Crippen molar-refractivity contribution in [2.75, 3.05) is 65.5 Å². The number of aryl methyl sites for hydroxylation is 1. The van der Waals surface area contributed by atoms with Crippen LogP contribution in [-0.4, -0.2) is 157 Å². The van der Waals surface area contributed by atoms with Crippen LogP contribution in [-0.2, 0) is 57.5 Å². The number of nitrogens with one attached hydrogen (secondary N) is 3. The molecule has 21 nitrogen and oxygen atoms in total. The lowest BCUT2D eigenvalue weighted by molar-refractivity contribution is -0.158. The quantitative estimate of drug-likeness (QED) is 0.0462. The van der Waals surface area contributed by atoms with Gasteiger partial charge in [0.2, 0.25) is 29.5 Å². The molecule has 21 heteroatoms. The molecule has 89 heavy (non-hydrogen) atoms.